The molecule has 1 heterocycles. The molecule has 3 N–H and O–H groups in total. The summed E-state index contributed by atoms with van der Waals surface area (Å²) in [5.74, 6) is -0.668. The Morgan fingerprint density at radius 1 is 1.00 bits per heavy atom. The summed E-state index contributed by atoms with van der Waals surface area (Å²) in [6.07, 6.45) is 0.977. The lowest BCUT2D eigenvalue weighted by Crippen LogP contribution is -2.46. The van der Waals surface area contributed by atoms with Crippen LogP contribution >= 0.6 is 0 Å². The second kappa shape index (κ2) is 7.35. The summed E-state index contributed by atoms with van der Waals surface area (Å²) in [4.78, 5) is 14.3. The Balaban J connectivity index is 1.61. The Morgan fingerprint density at radius 3 is 2.15 bits per heavy atom. The highest BCUT2D eigenvalue weighted by Crippen LogP contribution is 2.23. The third-order valence-corrected chi connectivity index (χ3v) is 5.84. The summed E-state index contributed by atoms with van der Waals surface area (Å²) in [5, 5.41) is 19.0. The van der Waals surface area contributed by atoms with Gasteiger partial charge in [-0.3, -0.25) is 4.79 Å². The second-order valence-corrected chi connectivity index (χ2v) is 7.95. The maximum Gasteiger partial charge on any atom is 0.254 e. The first-order valence-corrected chi connectivity index (χ1v) is 9.73. The maximum atomic E-state index is 12.5. The zero-order valence-electron chi connectivity index (χ0n) is 14.0. The number of aromatic hydroxyl groups is 2. The third kappa shape index (κ3) is 4.14. The van der Waals surface area contributed by atoms with Gasteiger partial charge in [-0.15, -0.1) is 0 Å². The van der Waals surface area contributed by atoms with E-state index in [1.807, 2.05) is 0 Å². The van der Waals surface area contributed by atoms with Crippen molar-refractivity contribution in [3.05, 3.63) is 54.1 Å². The van der Waals surface area contributed by atoms with Gasteiger partial charge in [0.15, 0.2) is 0 Å². The summed E-state index contributed by atoms with van der Waals surface area (Å²) in [7, 11) is -3.58. The van der Waals surface area contributed by atoms with Crippen molar-refractivity contribution in [1.82, 2.24) is 9.62 Å². The van der Waals surface area contributed by atoms with Crippen LogP contribution < -0.4 is 4.72 Å². The fourth-order valence-corrected chi connectivity index (χ4v) is 4.31. The molecule has 0 radical (unpaired) electrons. The van der Waals surface area contributed by atoms with E-state index in [1.165, 1.54) is 24.3 Å². The third-order valence-electron chi connectivity index (χ3n) is 4.31. The van der Waals surface area contributed by atoms with E-state index >= 15 is 0 Å². The molecule has 1 saturated heterocycles. The van der Waals surface area contributed by atoms with Gasteiger partial charge in [-0.05, 0) is 37.1 Å². The smallest absolute Gasteiger partial charge is 0.254 e. The predicted octanol–water partition coefficient (Wildman–Crippen LogP) is 1.68. The molecule has 3 rings (SSSR count). The summed E-state index contributed by atoms with van der Waals surface area (Å²) >= 11 is 0. The average Bonchev–Trinajstić information content (AvgIpc) is 2.61. The molecular formula is C18H20N2O5S. The largest absolute Gasteiger partial charge is 0.508 e. The number of carbonyl (C=O) groups is 1. The molecule has 7 nitrogen and oxygen atoms in total. The quantitative estimate of drug-likeness (QED) is 0.753. The van der Waals surface area contributed by atoms with Gasteiger partial charge in [0.1, 0.15) is 11.5 Å². The topological polar surface area (TPSA) is 107 Å². The van der Waals surface area contributed by atoms with Crippen LogP contribution in [-0.4, -0.2) is 48.6 Å². The minimum atomic E-state index is -3.58. The number of amides is 1. The number of benzene rings is 2. The van der Waals surface area contributed by atoms with Gasteiger partial charge in [0.25, 0.3) is 5.91 Å². The SMILES string of the molecule is O=C(c1cc(O)cc(O)c1)N1CCC(NS(=O)(=O)c2ccccc2)CC1. The molecule has 138 valence electrons. The number of likely N-dealkylation sites (tertiary alicyclic amines) is 1. The zero-order chi connectivity index (χ0) is 18.7. The van der Waals surface area contributed by atoms with E-state index in [1.54, 1.807) is 23.1 Å². The standard InChI is InChI=1S/C18H20N2O5S/c21-15-10-13(11-16(22)12-15)18(23)20-8-6-14(7-9-20)19-26(24,25)17-4-2-1-3-5-17/h1-5,10-12,14,19,21-22H,6-9H2. The lowest BCUT2D eigenvalue weighted by atomic mass is 10.0. The molecule has 2 aromatic rings. The van der Waals surface area contributed by atoms with Crippen LogP contribution in [0.4, 0.5) is 0 Å². The van der Waals surface area contributed by atoms with Gasteiger partial charge in [0.05, 0.1) is 4.90 Å². The number of nitrogens with one attached hydrogen (secondary N) is 1. The van der Waals surface area contributed by atoms with E-state index in [9.17, 15) is 23.4 Å². The fourth-order valence-electron chi connectivity index (χ4n) is 2.99. The molecule has 0 atom stereocenters. The molecule has 8 heteroatoms. The Kier molecular flexibility index (Phi) is 5.15. The minimum absolute atomic E-state index is 0.182. The number of hydrogen-bond donors (Lipinski definition) is 3. The van der Waals surface area contributed by atoms with Gasteiger partial charge in [-0.2, -0.15) is 0 Å². The Labute approximate surface area is 151 Å². The number of nitrogens with zero attached hydrogens (tertiary/aromatic N) is 1. The van der Waals surface area contributed by atoms with Gasteiger partial charge in [-0.1, -0.05) is 18.2 Å². The lowest BCUT2D eigenvalue weighted by molar-refractivity contribution is 0.0710. The van der Waals surface area contributed by atoms with Gasteiger partial charge in [0.2, 0.25) is 10.0 Å². The molecule has 0 aromatic heterocycles. The fraction of sp³-hybridized carbons (Fsp3) is 0.278. The van der Waals surface area contributed by atoms with Gasteiger partial charge in [-0.25, -0.2) is 13.1 Å². The monoisotopic (exact) mass is 376 g/mol. The summed E-state index contributed by atoms with van der Waals surface area (Å²) < 4.78 is 27.4. The first-order chi connectivity index (χ1) is 12.3. The van der Waals surface area contributed by atoms with Crippen molar-refractivity contribution >= 4 is 15.9 Å². The van der Waals surface area contributed by atoms with E-state index in [0.717, 1.165) is 6.07 Å². The second-order valence-electron chi connectivity index (χ2n) is 6.24. The zero-order valence-corrected chi connectivity index (χ0v) is 14.8. The minimum Gasteiger partial charge on any atom is -0.508 e. The van der Waals surface area contributed by atoms with Gasteiger partial charge in [0, 0.05) is 30.8 Å². The first-order valence-electron chi connectivity index (χ1n) is 8.25. The molecule has 26 heavy (non-hydrogen) atoms. The molecule has 1 fully saturated rings. The summed E-state index contributed by atoms with van der Waals surface area (Å²) in [6, 6.07) is 11.7. The van der Waals surface area contributed by atoms with Crippen molar-refractivity contribution in [1.29, 1.82) is 0 Å². The van der Waals surface area contributed by atoms with Crippen molar-refractivity contribution in [3.8, 4) is 11.5 Å². The molecular weight excluding hydrogens is 356 g/mol. The van der Waals surface area contributed by atoms with Crippen molar-refractivity contribution in [2.24, 2.45) is 0 Å². The number of rotatable bonds is 4. The van der Waals surface area contributed by atoms with Gasteiger partial charge >= 0.3 is 0 Å². The number of phenols is 2. The number of piperidine rings is 1. The van der Waals surface area contributed by atoms with Crippen molar-refractivity contribution < 1.29 is 23.4 Å². The first kappa shape index (κ1) is 18.2. The van der Waals surface area contributed by atoms with Crippen LogP contribution in [0, 0.1) is 0 Å². The summed E-state index contributed by atoms with van der Waals surface area (Å²) in [6.45, 7) is 0.772. The van der Waals surface area contributed by atoms with E-state index in [2.05, 4.69) is 4.72 Å². The van der Waals surface area contributed by atoms with Crippen LogP contribution in [-0.2, 0) is 10.0 Å². The molecule has 1 aliphatic heterocycles. The van der Waals surface area contributed by atoms with Crippen molar-refractivity contribution in [2.45, 2.75) is 23.8 Å². The Bertz CT molecular complexity index is 871. The summed E-state index contributed by atoms with van der Waals surface area (Å²) in [5.41, 5.74) is 0.200. The molecule has 2 aromatic carbocycles. The van der Waals surface area contributed by atoms with Gasteiger partial charge < -0.3 is 15.1 Å². The van der Waals surface area contributed by atoms with E-state index in [4.69, 9.17) is 0 Å². The maximum absolute atomic E-state index is 12.5. The van der Waals surface area contributed by atoms with Crippen molar-refractivity contribution in [3.63, 3.8) is 0 Å². The van der Waals surface area contributed by atoms with E-state index in [0.29, 0.717) is 25.9 Å². The van der Waals surface area contributed by atoms with E-state index < -0.39 is 10.0 Å². The molecule has 0 bridgehead atoms. The van der Waals surface area contributed by atoms with Crippen LogP contribution in [0.25, 0.3) is 0 Å². The molecule has 0 aliphatic carbocycles. The van der Waals surface area contributed by atoms with Crippen LogP contribution in [0.1, 0.15) is 23.2 Å². The predicted molar refractivity (Wildman–Crippen MR) is 95.5 cm³/mol. The highest BCUT2D eigenvalue weighted by atomic mass is 32.2. The average molecular weight is 376 g/mol. The molecule has 0 unspecified atom stereocenters. The lowest BCUT2D eigenvalue weighted by Gasteiger charge is -2.32. The van der Waals surface area contributed by atoms with Crippen LogP contribution in [0.15, 0.2) is 53.4 Å². The van der Waals surface area contributed by atoms with Crippen LogP contribution in [0.2, 0.25) is 0 Å². The Hall–Kier alpha value is -2.58. The molecule has 0 spiro atoms. The Morgan fingerprint density at radius 2 is 1.58 bits per heavy atom. The number of hydrogen-bond acceptors (Lipinski definition) is 5. The molecule has 1 aliphatic rings. The van der Waals surface area contributed by atoms with Crippen LogP contribution in [0.5, 0.6) is 11.5 Å². The highest BCUT2D eigenvalue weighted by Gasteiger charge is 2.27. The number of carbonyl (C=O) groups excluding carboxylic acids is 1. The molecule has 1 amide bonds. The number of phenolic OH excluding ortho intramolecular Hbond substituents is 2. The highest BCUT2D eigenvalue weighted by molar-refractivity contribution is 7.89. The normalized spacial score (nSPS) is 15.8. The number of sulfonamides is 1. The molecule has 0 saturated carbocycles. The van der Waals surface area contributed by atoms with Crippen molar-refractivity contribution in [2.75, 3.05) is 13.1 Å². The van der Waals surface area contributed by atoms with Crippen LogP contribution in [0.3, 0.4) is 0 Å². The van der Waals surface area contributed by atoms with E-state index in [-0.39, 0.29) is 33.9 Å².